The Kier molecular flexibility index (Phi) is 4.36. The third-order valence-corrected chi connectivity index (χ3v) is 3.53. The zero-order valence-electron chi connectivity index (χ0n) is 11.1. The fourth-order valence-electron chi connectivity index (χ4n) is 1.64. The summed E-state index contributed by atoms with van der Waals surface area (Å²) >= 11 is 1.21. The first kappa shape index (κ1) is 13.1. The van der Waals surface area contributed by atoms with Gasteiger partial charge in [0, 0.05) is 19.2 Å². The van der Waals surface area contributed by atoms with Gasteiger partial charge in [-0.3, -0.25) is 0 Å². The van der Waals surface area contributed by atoms with Gasteiger partial charge >= 0.3 is 0 Å². The molecular weight excluding hydrogens is 246 g/mol. The van der Waals surface area contributed by atoms with E-state index in [4.69, 9.17) is 4.74 Å². The summed E-state index contributed by atoms with van der Waals surface area (Å²) in [6.45, 7) is 5.89. The molecule has 0 N–H and O–H groups in total. The van der Waals surface area contributed by atoms with Crippen LogP contribution in [0.1, 0.15) is 26.0 Å². The zero-order valence-corrected chi connectivity index (χ0v) is 11.9. The Balaban J connectivity index is 2.08. The summed E-state index contributed by atoms with van der Waals surface area (Å²) in [7, 11) is 2.04. The van der Waals surface area contributed by atoms with Crippen LogP contribution < -0.4 is 4.74 Å². The van der Waals surface area contributed by atoms with Gasteiger partial charge < -0.3 is 9.64 Å². The molecule has 0 saturated heterocycles. The molecule has 1 unspecified atom stereocenters. The van der Waals surface area contributed by atoms with E-state index in [-0.39, 0.29) is 0 Å². The van der Waals surface area contributed by atoms with Crippen LogP contribution in [0.2, 0.25) is 0 Å². The highest BCUT2D eigenvalue weighted by Gasteiger charge is 2.17. The van der Waals surface area contributed by atoms with Crippen LogP contribution in [0.3, 0.4) is 0 Å². The molecule has 1 atom stereocenters. The first-order valence-corrected chi connectivity index (χ1v) is 6.97. The van der Waals surface area contributed by atoms with Gasteiger partial charge in [-0.05, 0) is 18.2 Å². The van der Waals surface area contributed by atoms with Crippen molar-refractivity contribution in [3.63, 3.8) is 0 Å². The Labute approximate surface area is 112 Å². The molecule has 18 heavy (non-hydrogen) atoms. The van der Waals surface area contributed by atoms with Crippen molar-refractivity contribution in [2.45, 2.75) is 20.3 Å². The van der Waals surface area contributed by atoms with E-state index in [0.717, 1.165) is 24.2 Å². The summed E-state index contributed by atoms with van der Waals surface area (Å²) in [5, 5.41) is 0. The number of allylic oxidation sites excluding steroid dienone is 2. The molecule has 0 spiro atoms. The Morgan fingerprint density at radius 1 is 1.50 bits per heavy atom. The Morgan fingerprint density at radius 2 is 2.33 bits per heavy atom. The molecule has 0 fully saturated rings. The fraction of sp³-hybridized carbons (Fsp3) is 0.538. The van der Waals surface area contributed by atoms with Gasteiger partial charge in [0.25, 0.3) is 5.88 Å². The first-order valence-electron chi connectivity index (χ1n) is 6.24. The van der Waals surface area contributed by atoms with Crippen molar-refractivity contribution in [3.05, 3.63) is 24.0 Å². The lowest BCUT2D eigenvalue weighted by atomic mass is 10.1. The molecule has 0 radical (unpaired) electrons. The largest absolute Gasteiger partial charge is 0.475 e. The summed E-state index contributed by atoms with van der Waals surface area (Å²) in [4.78, 5) is 2.12. The Bertz CT molecular complexity index is 453. The summed E-state index contributed by atoms with van der Waals surface area (Å²) in [6, 6.07) is 0. The van der Waals surface area contributed by atoms with Gasteiger partial charge in [0.05, 0.1) is 18.3 Å². The van der Waals surface area contributed by atoms with Gasteiger partial charge in [0.2, 0.25) is 0 Å². The van der Waals surface area contributed by atoms with Crippen molar-refractivity contribution in [3.8, 4) is 5.88 Å². The van der Waals surface area contributed by atoms with Crippen molar-refractivity contribution in [2.75, 3.05) is 20.2 Å². The standard InChI is InChI=1S/C13H19N3OS/c1-4-10(2)9-17-13-12(14-18-15-13)11-6-5-7-16(3)8-11/h5-7,10H,4,8-9H2,1-3H3. The topological polar surface area (TPSA) is 38.3 Å². The van der Waals surface area contributed by atoms with Crippen molar-refractivity contribution < 1.29 is 4.74 Å². The summed E-state index contributed by atoms with van der Waals surface area (Å²) in [5.41, 5.74) is 2.05. The van der Waals surface area contributed by atoms with Crippen LogP contribution in [0.4, 0.5) is 0 Å². The maximum absolute atomic E-state index is 5.77. The second kappa shape index (κ2) is 6.00. The van der Waals surface area contributed by atoms with Gasteiger partial charge in [-0.25, -0.2) is 0 Å². The molecule has 0 aliphatic carbocycles. The van der Waals surface area contributed by atoms with E-state index in [0.29, 0.717) is 18.4 Å². The lowest BCUT2D eigenvalue weighted by molar-refractivity contribution is 0.249. The quantitative estimate of drug-likeness (QED) is 0.820. The number of likely N-dealkylation sites (N-methyl/N-ethyl adjacent to an activating group) is 1. The average molecular weight is 265 g/mol. The molecule has 0 saturated carbocycles. The second-order valence-electron chi connectivity index (χ2n) is 4.69. The van der Waals surface area contributed by atoms with Crippen LogP contribution >= 0.6 is 11.7 Å². The smallest absolute Gasteiger partial charge is 0.253 e. The number of nitrogens with zero attached hydrogens (tertiary/aromatic N) is 3. The molecular formula is C13H19N3OS. The summed E-state index contributed by atoms with van der Waals surface area (Å²) in [6.07, 6.45) is 7.26. The lowest BCUT2D eigenvalue weighted by Gasteiger charge is -2.19. The number of aromatic nitrogens is 2. The van der Waals surface area contributed by atoms with Gasteiger partial charge in [0.1, 0.15) is 5.69 Å². The van der Waals surface area contributed by atoms with E-state index in [1.165, 1.54) is 11.7 Å². The third kappa shape index (κ3) is 3.10. The molecule has 4 nitrogen and oxygen atoms in total. The van der Waals surface area contributed by atoms with E-state index in [9.17, 15) is 0 Å². The van der Waals surface area contributed by atoms with Gasteiger partial charge in [-0.15, -0.1) is 4.37 Å². The van der Waals surface area contributed by atoms with Gasteiger partial charge in [0.15, 0.2) is 0 Å². The van der Waals surface area contributed by atoms with E-state index < -0.39 is 0 Å². The van der Waals surface area contributed by atoms with E-state index in [1.54, 1.807) is 0 Å². The van der Waals surface area contributed by atoms with Crippen molar-refractivity contribution in [1.29, 1.82) is 0 Å². The number of rotatable bonds is 5. The molecule has 0 bridgehead atoms. The molecule has 0 amide bonds. The fourth-order valence-corrected chi connectivity index (χ4v) is 2.18. The molecule has 98 valence electrons. The van der Waals surface area contributed by atoms with Crippen LogP contribution in [-0.2, 0) is 0 Å². The van der Waals surface area contributed by atoms with Gasteiger partial charge in [-0.1, -0.05) is 26.3 Å². The Morgan fingerprint density at radius 3 is 3.06 bits per heavy atom. The zero-order chi connectivity index (χ0) is 13.0. The number of hydrogen-bond donors (Lipinski definition) is 0. The summed E-state index contributed by atoms with van der Waals surface area (Å²) in [5.74, 6) is 1.22. The molecule has 1 aliphatic heterocycles. The van der Waals surface area contributed by atoms with Crippen LogP contribution in [-0.4, -0.2) is 33.8 Å². The minimum Gasteiger partial charge on any atom is -0.475 e. The van der Waals surface area contributed by atoms with Crippen LogP contribution in [0.15, 0.2) is 18.4 Å². The highest BCUT2D eigenvalue weighted by molar-refractivity contribution is 6.99. The SMILES string of the molecule is CCC(C)COc1nsnc1C1=CC=CN(C)C1. The molecule has 0 aromatic carbocycles. The maximum Gasteiger partial charge on any atom is 0.253 e. The minimum atomic E-state index is 0.544. The molecule has 2 rings (SSSR count). The van der Waals surface area contributed by atoms with Gasteiger partial charge in [-0.2, -0.15) is 4.37 Å². The van der Waals surface area contributed by atoms with E-state index >= 15 is 0 Å². The van der Waals surface area contributed by atoms with Crippen molar-refractivity contribution >= 4 is 17.3 Å². The third-order valence-electron chi connectivity index (χ3n) is 3.02. The van der Waals surface area contributed by atoms with Crippen LogP contribution in [0.25, 0.3) is 5.57 Å². The second-order valence-corrected chi connectivity index (χ2v) is 5.22. The van der Waals surface area contributed by atoms with Crippen LogP contribution in [0, 0.1) is 5.92 Å². The molecule has 2 heterocycles. The molecule has 1 aromatic rings. The minimum absolute atomic E-state index is 0.544. The molecule has 1 aromatic heterocycles. The number of hydrogen-bond acceptors (Lipinski definition) is 5. The highest BCUT2D eigenvalue weighted by Crippen LogP contribution is 2.26. The highest BCUT2D eigenvalue weighted by atomic mass is 32.1. The average Bonchev–Trinajstić information content (AvgIpc) is 2.84. The molecule has 5 heteroatoms. The van der Waals surface area contributed by atoms with Crippen molar-refractivity contribution in [2.24, 2.45) is 5.92 Å². The predicted octanol–water partition coefficient (Wildman–Crippen LogP) is 2.81. The first-order chi connectivity index (χ1) is 8.70. The van der Waals surface area contributed by atoms with Crippen LogP contribution in [0.5, 0.6) is 5.88 Å². The normalized spacial score (nSPS) is 16.6. The maximum atomic E-state index is 5.77. The lowest BCUT2D eigenvalue weighted by Crippen LogP contribution is -2.17. The predicted molar refractivity (Wildman–Crippen MR) is 74.6 cm³/mol. The van der Waals surface area contributed by atoms with Crippen molar-refractivity contribution in [1.82, 2.24) is 13.6 Å². The Hall–Kier alpha value is -1.36. The van der Waals surface area contributed by atoms with E-state index in [2.05, 4.69) is 33.6 Å². The number of ether oxygens (including phenoxy) is 1. The van der Waals surface area contributed by atoms with E-state index in [1.807, 2.05) is 19.3 Å². The summed E-state index contributed by atoms with van der Waals surface area (Å²) < 4.78 is 14.4. The molecule has 1 aliphatic rings. The monoisotopic (exact) mass is 265 g/mol.